The van der Waals surface area contributed by atoms with Crippen molar-refractivity contribution in [1.82, 2.24) is 4.98 Å². The molecule has 24 heavy (non-hydrogen) atoms. The number of amides is 3. The molecule has 0 radical (unpaired) electrons. The predicted octanol–water partition coefficient (Wildman–Crippen LogP) is 2.96. The molecule has 0 N–H and O–H groups in total. The Kier molecular flexibility index (Phi) is 4.68. The van der Waals surface area contributed by atoms with Gasteiger partial charge in [-0.05, 0) is 26.8 Å². The van der Waals surface area contributed by atoms with Gasteiger partial charge in [-0.2, -0.15) is 0 Å². The van der Waals surface area contributed by atoms with Crippen molar-refractivity contribution in [3.63, 3.8) is 0 Å². The molecule has 0 bridgehead atoms. The Hall–Kier alpha value is -3.16. The summed E-state index contributed by atoms with van der Waals surface area (Å²) in [5.74, 6) is -0.338. The lowest BCUT2D eigenvalue weighted by Gasteiger charge is -2.37. The molecule has 1 aliphatic heterocycles. The van der Waals surface area contributed by atoms with E-state index in [4.69, 9.17) is 9.47 Å². The Bertz CT molecular complexity index is 743. The zero-order chi connectivity index (χ0) is 18.0. The maximum Gasteiger partial charge on any atom is 0.426 e. The van der Waals surface area contributed by atoms with Gasteiger partial charge in [0.05, 0.1) is 29.1 Å². The number of aromatic nitrogens is 1. The molecule has 0 aliphatic carbocycles. The van der Waals surface area contributed by atoms with Gasteiger partial charge in [-0.15, -0.1) is 0 Å². The highest BCUT2D eigenvalue weighted by Gasteiger charge is 2.43. The largest absolute Gasteiger partial charge is 0.426 e. The van der Waals surface area contributed by atoms with Crippen molar-refractivity contribution in [2.45, 2.75) is 26.8 Å². The van der Waals surface area contributed by atoms with Crippen molar-refractivity contribution in [2.75, 3.05) is 9.80 Å². The Morgan fingerprint density at radius 3 is 2.29 bits per heavy atom. The van der Waals surface area contributed by atoms with Crippen LogP contribution in [0.1, 0.15) is 20.8 Å². The third kappa shape index (κ3) is 3.12. The topological polar surface area (TPSA) is 89.0 Å². The fourth-order valence-corrected chi connectivity index (χ4v) is 2.22. The Morgan fingerprint density at radius 2 is 1.71 bits per heavy atom. The maximum atomic E-state index is 12.6. The number of fused-ring (bicyclic) bond motifs is 1. The zero-order valence-electron chi connectivity index (χ0n) is 13.6. The van der Waals surface area contributed by atoms with Gasteiger partial charge in [0, 0.05) is 6.20 Å². The fourth-order valence-electron chi connectivity index (χ4n) is 2.22. The number of carbonyl (C=O) groups is 3. The summed E-state index contributed by atoms with van der Waals surface area (Å²) in [7, 11) is 0. The molecule has 1 aromatic heterocycles. The van der Waals surface area contributed by atoms with E-state index in [1.54, 1.807) is 0 Å². The smallest absolute Gasteiger partial charge is 0.415 e. The van der Waals surface area contributed by atoms with Crippen LogP contribution in [0.4, 0.5) is 21.0 Å². The van der Waals surface area contributed by atoms with E-state index in [0.717, 1.165) is 9.80 Å². The molecule has 2 rings (SSSR count). The van der Waals surface area contributed by atoms with E-state index in [1.165, 1.54) is 39.2 Å². The highest BCUT2D eigenvalue weighted by atomic mass is 16.6. The van der Waals surface area contributed by atoms with Crippen LogP contribution in [0, 0.1) is 0 Å². The average molecular weight is 331 g/mol. The molecule has 126 valence electrons. The van der Waals surface area contributed by atoms with Crippen LogP contribution in [0.2, 0.25) is 0 Å². The standard InChI is InChI=1S/C16H17N3O5/c1-9(2)23-15(21)18-11(5)14(20)19(16(22)24-10(3)4)13-8-17-7-6-12(13)18/h6-8,11H,1,3H2,2,4-5H3/t11-/m0/s1. The second kappa shape index (κ2) is 6.53. The number of hydrogen-bond acceptors (Lipinski definition) is 6. The number of allylic oxidation sites excluding steroid dienone is 2. The van der Waals surface area contributed by atoms with E-state index in [-0.39, 0.29) is 17.2 Å². The van der Waals surface area contributed by atoms with Crippen molar-refractivity contribution < 1.29 is 23.9 Å². The van der Waals surface area contributed by atoms with E-state index in [2.05, 4.69) is 18.1 Å². The molecule has 0 fully saturated rings. The number of rotatable bonds is 2. The third-order valence-corrected chi connectivity index (χ3v) is 3.15. The highest BCUT2D eigenvalue weighted by Crippen LogP contribution is 2.36. The molecule has 0 saturated carbocycles. The summed E-state index contributed by atoms with van der Waals surface area (Å²) in [6.07, 6.45) is 1.04. The Labute approximate surface area is 139 Å². The van der Waals surface area contributed by atoms with E-state index in [1.807, 2.05) is 0 Å². The maximum absolute atomic E-state index is 12.6. The van der Waals surface area contributed by atoms with Crippen LogP contribution in [0.15, 0.2) is 43.1 Å². The van der Waals surface area contributed by atoms with Gasteiger partial charge in [-0.25, -0.2) is 14.5 Å². The van der Waals surface area contributed by atoms with Crippen LogP contribution < -0.4 is 9.80 Å². The van der Waals surface area contributed by atoms with Crippen LogP contribution in [0.25, 0.3) is 0 Å². The van der Waals surface area contributed by atoms with E-state index in [0.29, 0.717) is 5.69 Å². The second-order valence-corrected chi connectivity index (χ2v) is 5.22. The summed E-state index contributed by atoms with van der Waals surface area (Å²) in [6, 6.07) is 0.517. The van der Waals surface area contributed by atoms with Crippen LogP contribution in [0.5, 0.6) is 0 Å². The summed E-state index contributed by atoms with van der Waals surface area (Å²) in [5, 5.41) is 0. The van der Waals surface area contributed by atoms with Gasteiger partial charge in [-0.3, -0.25) is 14.7 Å². The number of imide groups is 1. The number of carbonyl (C=O) groups excluding carboxylic acids is 3. The molecule has 1 aliphatic rings. The lowest BCUT2D eigenvalue weighted by Crippen LogP contribution is -2.56. The number of hydrogen-bond donors (Lipinski definition) is 0. The number of anilines is 2. The van der Waals surface area contributed by atoms with Crippen molar-refractivity contribution in [2.24, 2.45) is 0 Å². The van der Waals surface area contributed by atoms with Gasteiger partial charge in [0.1, 0.15) is 6.04 Å². The van der Waals surface area contributed by atoms with E-state index in [9.17, 15) is 14.4 Å². The van der Waals surface area contributed by atoms with Crippen LogP contribution in [0.3, 0.4) is 0 Å². The number of ether oxygens (including phenoxy) is 2. The predicted molar refractivity (Wildman–Crippen MR) is 86.3 cm³/mol. The van der Waals surface area contributed by atoms with Crippen molar-refractivity contribution in [1.29, 1.82) is 0 Å². The monoisotopic (exact) mass is 331 g/mol. The Morgan fingerprint density at radius 1 is 1.12 bits per heavy atom. The first-order chi connectivity index (χ1) is 11.2. The molecular formula is C16H17N3O5. The minimum atomic E-state index is -0.982. The molecule has 0 aromatic carbocycles. The van der Waals surface area contributed by atoms with E-state index < -0.39 is 24.1 Å². The lowest BCUT2D eigenvalue weighted by atomic mass is 10.1. The molecule has 1 aromatic rings. The number of nitrogens with zero attached hydrogens (tertiary/aromatic N) is 3. The zero-order valence-corrected chi connectivity index (χ0v) is 13.6. The summed E-state index contributed by atoms with van der Waals surface area (Å²) >= 11 is 0. The first-order valence-corrected chi connectivity index (χ1v) is 7.06. The molecule has 8 heteroatoms. The van der Waals surface area contributed by atoms with Gasteiger partial charge in [-0.1, -0.05) is 13.2 Å². The first kappa shape index (κ1) is 17.2. The van der Waals surface area contributed by atoms with Gasteiger partial charge in [0.2, 0.25) is 0 Å². The minimum absolute atomic E-state index is 0.116. The van der Waals surface area contributed by atoms with Crippen molar-refractivity contribution >= 4 is 29.5 Å². The summed E-state index contributed by atoms with van der Waals surface area (Å²) in [6.45, 7) is 11.5. The quantitative estimate of drug-likeness (QED) is 0.774. The molecule has 3 amide bonds. The van der Waals surface area contributed by atoms with Gasteiger partial charge >= 0.3 is 12.2 Å². The van der Waals surface area contributed by atoms with Gasteiger partial charge in [0.15, 0.2) is 0 Å². The van der Waals surface area contributed by atoms with Crippen LogP contribution in [-0.2, 0) is 14.3 Å². The van der Waals surface area contributed by atoms with Crippen LogP contribution in [-0.4, -0.2) is 29.1 Å². The molecule has 0 spiro atoms. The van der Waals surface area contributed by atoms with Crippen LogP contribution >= 0.6 is 0 Å². The molecular weight excluding hydrogens is 314 g/mol. The molecule has 8 nitrogen and oxygen atoms in total. The Balaban J connectivity index is 2.51. The number of pyridine rings is 1. The molecule has 1 atom stereocenters. The summed E-state index contributed by atoms with van der Waals surface area (Å²) in [4.78, 5) is 43.0. The average Bonchev–Trinajstić information content (AvgIpc) is 2.46. The fraction of sp³-hybridized carbons (Fsp3) is 0.250. The molecule has 0 saturated heterocycles. The second-order valence-electron chi connectivity index (χ2n) is 5.22. The first-order valence-electron chi connectivity index (χ1n) is 7.06. The lowest BCUT2D eigenvalue weighted by molar-refractivity contribution is -0.119. The highest BCUT2D eigenvalue weighted by molar-refractivity contribution is 6.21. The summed E-state index contributed by atoms with van der Waals surface area (Å²) < 4.78 is 9.92. The molecule has 2 heterocycles. The van der Waals surface area contributed by atoms with E-state index >= 15 is 0 Å². The minimum Gasteiger partial charge on any atom is -0.415 e. The van der Waals surface area contributed by atoms with Gasteiger partial charge in [0.25, 0.3) is 5.91 Å². The van der Waals surface area contributed by atoms with Crippen molar-refractivity contribution in [3.8, 4) is 0 Å². The van der Waals surface area contributed by atoms with Crippen molar-refractivity contribution in [3.05, 3.63) is 43.1 Å². The molecule has 0 unspecified atom stereocenters. The summed E-state index contributed by atoms with van der Waals surface area (Å²) in [5.41, 5.74) is 0.410. The SMILES string of the molecule is C=C(C)OC(=O)N1C(=O)[C@H](C)N(C(=O)OC(=C)C)c2ccncc21. The van der Waals surface area contributed by atoms with Gasteiger partial charge < -0.3 is 9.47 Å². The normalized spacial score (nSPS) is 16.3. The third-order valence-electron chi connectivity index (χ3n) is 3.15.